The fourth-order valence-corrected chi connectivity index (χ4v) is 3.66. The first-order chi connectivity index (χ1) is 15.1. The summed E-state index contributed by atoms with van der Waals surface area (Å²) in [7, 11) is 1.61. The van der Waals surface area contributed by atoms with Gasteiger partial charge < -0.3 is 20.1 Å². The lowest BCUT2D eigenvalue weighted by atomic mass is 9.98. The maximum Gasteiger partial charge on any atom is 0.257 e. The number of nitrogens with zero attached hydrogens (tertiary/aromatic N) is 2. The van der Waals surface area contributed by atoms with Crippen LogP contribution in [0.2, 0.25) is 0 Å². The van der Waals surface area contributed by atoms with Crippen molar-refractivity contribution < 1.29 is 14.3 Å². The lowest BCUT2D eigenvalue weighted by molar-refractivity contribution is 0.00970. The van der Waals surface area contributed by atoms with Crippen LogP contribution in [0.4, 0.5) is 11.5 Å². The van der Waals surface area contributed by atoms with E-state index in [1.807, 2.05) is 37.3 Å². The van der Waals surface area contributed by atoms with Crippen molar-refractivity contribution in [3.05, 3.63) is 77.7 Å². The molecule has 2 aromatic heterocycles. The van der Waals surface area contributed by atoms with Crippen LogP contribution in [0.15, 0.2) is 61.1 Å². The number of anilines is 2. The highest BCUT2D eigenvalue weighted by molar-refractivity contribution is 6.04. The predicted octanol–water partition coefficient (Wildman–Crippen LogP) is 4.38. The maximum absolute atomic E-state index is 12.6. The van der Waals surface area contributed by atoms with Crippen molar-refractivity contribution in [2.75, 3.05) is 24.4 Å². The highest BCUT2D eigenvalue weighted by atomic mass is 16.5. The van der Waals surface area contributed by atoms with E-state index in [2.05, 4.69) is 20.6 Å². The third kappa shape index (κ3) is 5.19. The number of carbonyl (C=O) groups is 1. The van der Waals surface area contributed by atoms with Crippen molar-refractivity contribution in [2.45, 2.75) is 31.9 Å². The molecule has 0 radical (unpaired) electrons. The molecule has 4 rings (SSSR count). The average molecular weight is 418 g/mol. The zero-order valence-corrected chi connectivity index (χ0v) is 17.7. The van der Waals surface area contributed by atoms with Crippen LogP contribution in [0.3, 0.4) is 0 Å². The first-order valence-corrected chi connectivity index (χ1v) is 10.3. The Hall–Kier alpha value is -3.45. The minimum atomic E-state index is -0.214. The van der Waals surface area contributed by atoms with Gasteiger partial charge in [0.1, 0.15) is 11.6 Å². The monoisotopic (exact) mass is 418 g/mol. The Morgan fingerprint density at radius 1 is 1.16 bits per heavy atom. The highest BCUT2D eigenvalue weighted by Gasteiger charge is 2.24. The number of carbonyl (C=O) groups excluding carboxylic acids is 1. The van der Waals surface area contributed by atoms with Crippen molar-refractivity contribution in [1.82, 2.24) is 9.97 Å². The Morgan fingerprint density at radius 3 is 2.74 bits per heavy atom. The largest absolute Gasteiger partial charge is 0.496 e. The van der Waals surface area contributed by atoms with E-state index in [0.717, 1.165) is 35.5 Å². The molecule has 7 heteroatoms. The molecule has 0 unspecified atom stereocenters. The smallest absolute Gasteiger partial charge is 0.257 e. The molecule has 1 saturated heterocycles. The first-order valence-electron chi connectivity index (χ1n) is 10.3. The Morgan fingerprint density at radius 2 is 2.00 bits per heavy atom. The summed E-state index contributed by atoms with van der Waals surface area (Å²) in [5.74, 6) is 1.26. The van der Waals surface area contributed by atoms with E-state index in [4.69, 9.17) is 9.47 Å². The molecular formula is C24H26N4O3. The Kier molecular flexibility index (Phi) is 6.43. The van der Waals surface area contributed by atoms with Gasteiger partial charge in [0.2, 0.25) is 0 Å². The third-order valence-corrected chi connectivity index (χ3v) is 5.41. The number of aromatic nitrogens is 2. The zero-order valence-electron chi connectivity index (χ0n) is 17.7. The standard InChI is InChI=1S/C24H26N4O3/c1-16-3-5-19(13-21(16)30-2)28-24(29)18-4-6-23(26-15-18)27-20-9-12-31-22(14-20)17-7-10-25-11-8-17/h3-8,10-11,13,15,20,22H,9,12,14H2,1-2H3,(H,26,27)(H,28,29)/t20-,22+/m1/s1. The number of rotatable bonds is 6. The topological polar surface area (TPSA) is 85.4 Å². The normalized spacial score (nSPS) is 18.3. The van der Waals surface area contributed by atoms with Gasteiger partial charge in [0.15, 0.2) is 0 Å². The lowest BCUT2D eigenvalue weighted by Crippen LogP contribution is -2.30. The molecule has 160 valence electrons. The van der Waals surface area contributed by atoms with Crippen LogP contribution in [0.5, 0.6) is 5.75 Å². The number of hydrogen-bond donors (Lipinski definition) is 2. The van der Waals surface area contributed by atoms with E-state index in [1.54, 1.807) is 37.8 Å². The molecule has 0 aliphatic carbocycles. The number of pyridine rings is 2. The van der Waals surface area contributed by atoms with Crippen LogP contribution in [-0.2, 0) is 4.74 Å². The van der Waals surface area contributed by atoms with E-state index in [-0.39, 0.29) is 18.1 Å². The van der Waals surface area contributed by atoms with Gasteiger partial charge in [-0.3, -0.25) is 9.78 Å². The molecule has 31 heavy (non-hydrogen) atoms. The lowest BCUT2D eigenvalue weighted by Gasteiger charge is -2.30. The number of hydrogen-bond acceptors (Lipinski definition) is 6. The number of benzene rings is 1. The quantitative estimate of drug-likeness (QED) is 0.618. The summed E-state index contributed by atoms with van der Waals surface area (Å²) in [6.07, 6.45) is 6.96. The minimum Gasteiger partial charge on any atom is -0.496 e. The van der Waals surface area contributed by atoms with Crippen molar-refractivity contribution >= 4 is 17.4 Å². The van der Waals surface area contributed by atoms with E-state index in [1.165, 1.54) is 0 Å². The van der Waals surface area contributed by atoms with Gasteiger partial charge in [-0.2, -0.15) is 0 Å². The predicted molar refractivity (Wildman–Crippen MR) is 119 cm³/mol. The molecule has 0 bridgehead atoms. The van der Waals surface area contributed by atoms with Crippen molar-refractivity contribution in [1.29, 1.82) is 0 Å². The fraction of sp³-hybridized carbons (Fsp3) is 0.292. The second-order valence-corrected chi connectivity index (χ2v) is 7.58. The van der Waals surface area contributed by atoms with E-state index >= 15 is 0 Å². The van der Waals surface area contributed by atoms with Gasteiger partial charge in [0.05, 0.1) is 18.8 Å². The van der Waals surface area contributed by atoms with Crippen LogP contribution in [0.1, 0.15) is 40.4 Å². The Labute approximate surface area is 181 Å². The first kappa shape index (κ1) is 20.8. The van der Waals surface area contributed by atoms with Gasteiger partial charge in [-0.15, -0.1) is 0 Å². The molecule has 0 spiro atoms. The summed E-state index contributed by atoms with van der Waals surface area (Å²) < 4.78 is 11.2. The van der Waals surface area contributed by atoms with Gasteiger partial charge >= 0.3 is 0 Å². The van der Waals surface area contributed by atoms with E-state index in [9.17, 15) is 4.79 Å². The second-order valence-electron chi connectivity index (χ2n) is 7.58. The molecular weight excluding hydrogens is 392 g/mol. The number of methoxy groups -OCH3 is 1. The van der Waals surface area contributed by atoms with E-state index in [0.29, 0.717) is 17.9 Å². The van der Waals surface area contributed by atoms with Gasteiger partial charge in [0, 0.05) is 43.0 Å². The molecule has 1 fully saturated rings. The van der Waals surface area contributed by atoms with Crippen LogP contribution in [0.25, 0.3) is 0 Å². The molecule has 7 nitrogen and oxygen atoms in total. The summed E-state index contributed by atoms with van der Waals surface area (Å²) in [5, 5.41) is 6.35. The van der Waals surface area contributed by atoms with E-state index < -0.39 is 0 Å². The summed E-state index contributed by atoms with van der Waals surface area (Å²) in [6, 6.07) is 13.4. The molecule has 1 amide bonds. The molecule has 2 atom stereocenters. The van der Waals surface area contributed by atoms with Gasteiger partial charge in [-0.1, -0.05) is 6.07 Å². The number of aryl methyl sites for hydroxylation is 1. The summed E-state index contributed by atoms with van der Waals surface area (Å²) in [6.45, 7) is 2.64. The zero-order chi connectivity index (χ0) is 21.6. The average Bonchev–Trinajstić information content (AvgIpc) is 2.81. The second kappa shape index (κ2) is 9.57. The molecule has 1 aliphatic heterocycles. The Bertz CT molecular complexity index is 1020. The number of nitrogens with one attached hydrogen (secondary N) is 2. The summed E-state index contributed by atoms with van der Waals surface area (Å²) in [4.78, 5) is 21.1. The summed E-state index contributed by atoms with van der Waals surface area (Å²) >= 11 is 0. The van der Waals surface area contributed by atoms with Crippen molar-refractivity contribution in [3.63, 3.8) is 0 Å². The molecule has 1 aliphatic rings. The molecule has 0 saturated carbocycles. The molecule has 3 aromatic rings. The highest BCUT2D eigenvalue weighted by Crippen LogP contribution is 2.29. The molecule has 3 heterocycles. The van der Waals surface area contributed by atoms with Gasteiger partial charge in [-0.05, 0) is 61.2 Å². The molecule has 2 N–H and O–H groups in total. The minimum absolute atomic E-state index is 0.0470. The van der Waals surface area contributed by atoms with Crippen LogP contribution in [-0.4, -0.2) is 35.6 Å². The van der Waals surface area contributed by atoms with Crippen molar-refractivity contribution in [2.24, 2.45) is 0 Å². The van der Waals surface area contributed by atoms with Crippen LogP contribution >= 0.6 is 0 Å². The van der Waals surface area contributed by atoms with Crippen LogP contribution < -0.4 is 15.4 Å². The molecule has 1 aromatic carbocycles. The SMILES string of the molecule is COc1cc(NC(=O)c2ccc(N[C@@H]3CCO[C@H](c4ccncc4)C3)nc2)ccc1C. The Balaban J connectivity index is 1.36. The summed E-state index contributed by atoms with van der Waals surface area (Å²) in [5.41, 5.74) is 3.32. The third-order valence-electron chi connectivity index (χ3n) is 5.41. The van der Waals surface area contributed by atoms with Gasteiger partial charge in [-0.25, -0.2) is 4.98 Å². The van der Waals surface area contributed by atoms with Crippen molar-refractivity contribution in [3.8, 4) is 5.75 Å². The number of ether oxygens (including phenoxy) is 2. The van der Waals surface area contributed by atoms with Gasteiger partial charge in [0.25, 0.3) is 5.91 Å². The maximum atomic E-state index is 12.6. The fourth-order valence-electron chi connectivity index (χ4n) is 3.66. The van der Waals surface area contributed by atoms with Crippen LogP contribution in [0, 0.1) is 6.92 Å². The number of amides is 1.